The molecular weight excluding hydrogens is 427 g/mol. The maximum atomic E-state index is 12.7. The van der Waals surface area contributed by atoms with E-state index in [1.165, 1.54) is 16.0 Å². The number of piperazine rings is 1. The molecule has 2 aromatic heterocycles. The lowest BCUT2D eigenvalue weighted by atomic mass is 10.2. The van der Waals surface area contributed by atoms with E-state index < -0.39 is 0 Å². The summed E-state index contributed by atoms with van der Waals surface area (Å²) in [4.78, 5) is 27.7. The summed E-state index contributed by atoms with van der Waals surface area (Å²) in [6.07, 6.45) is 1.49. The number of carbonyl (C=O) groups is 1. The highest BCUT2D eigenvalue weighted by molar-refractivity contribution is 7.15. The van der Waals surface area contributed by atoms with Crippen molar-refractivity contribution in [3.8, 4) is 10.4 Å². The molecule has 4 rings (SSSR count). The van der Waals surface area contributed by atoms with E-state index in [0.717, 1.165) is 30.2 Å². The summed E-state index contributed by atoms with van der Waals surface area (Å²) in [6, 6.07) is 12.2. The molecular formula is C21H20Cl2N4OS. The predicted octanol–water partition coefficient (Wildman–Crippen LogP) is 4.78. The second-order valence-corrected chi connectivity index (χ2v) is 8.97. The average molecular weight is 447 g/mol. The Balaban J connectivity index is 1.36. The van der Waals surface area contributed by atoms with Gasteiger partial charge in [-0.15, -0.1) is 11.3 Å². The Morgan fingerprint density at radius 1 is 1.14 bits per heavy atom. The van der Waals surface area contributed by atoms with Crippen molar-refractivity contribution in [2.45, 2.75) is 13.5 Å². The second-order valence-electron chi connectivity index (χ2n) is 6.96. The Kier molecular flexibility index (Phi) is 6.15. The molecule has 0 N–H and O–H groups in total. The molecule has 0 radical (unpaired) electrons. The Hall–Kier alpha value is -1.99. The van der Waals surface area contributed by atoms with E-state index in [0.29, 0.717) is 23.9 Å². The molecule has 29 heavy (non-hydrogen) atoms. The number of halogens is 2. The third kappa shape index (κ3) is 4.78. The van der Waals surface area contributed by atoms with E-state index in [9.17, 15) is 4.79 Å². The first-order chi connectivity index (χ1) is 14.0. The van der Waals surface area contributed by atoms with Gasteiger partial charge in [-0.1, -0.05) is 35.3 Å². The van der Waals surface area contributed by atoms with Crippen molar-refractivity contribution in [2.24, 2.45) is 0 Å². The van der Waals surface area contributed by atoms with E-state index in [2.05, 4.69) is 33.1 Å². The van der Waals surface area contributed by atoms with Gasteiger partial charge < -0.3 is 4.90 Å². The number of aryl methyl sites for hydroxylation is 1. The van der Waals surface area contributed by atoms with Crippen LogP contribution in [0, 0.1) is 6.92 Å². The van der Waals surface area contributed by atoms with Crippen molar-refractivity contribution < 1.29 is 4.79 Å². The van der Waals surface area contributed by atoms with Crippen LogP contribution < -0.4 is 0 Å². The van der Waals surface area contributed by atoms with Crippen molar-refractivity contribution in [3.63, 3.8) is 0 Å². The topological polar surface area (TPSA) is 49.3 Å². The normalized spacial score (nSPS) is 14.9. The van der Waals surface area contributed by atoms with Gasteiger partial charge in [-0.3, -0.25) is 9.69 Å². The lowest BCUT2D eigenvalue weighted by Gasteiger charge is -2.34. The van der Waals surface area contributed by atoms with Gasteiger partial charge in [0.1, 0.15) is 5.82 Å². The molecule has 1 amide bonds. The van der Waals surface area contributed by atoms with Crippen molar-refractivity contribution >= 4 is 40.4 Å². The maximum absolute atomic E-state index is 12.7. The smallest absolute Gasteiger partial charge is 0.274 e. The zero-order chi connectivity index (χ0) is 20.4. The third-order valence-corrected chi connectivity index (χ3v) is 6.51. The van der Waals surface area contributed by atoms with Crippen LogP contribution in [0.1, 0.15) is 21.2 Å². The molecule has 150 valence electrons. The number of hydrogen-bond donors (Lipinski definition) is 0. The number of amides is 1. The number of hydrogen-bond acceptors (Lipinski definition) is 5. The highest BCUT2D eigenvalue weighted by Crippen LogP contribution is 2.30. The highest BCUT2D eigenvalue weighted by atomic mass is 35.5. The van der Waals surface area contributed by atoms with Gasteiger partial charge in [0.05, 0.1) is 11.2 Å². The first-order valence-electron chi connectivity index (χ1n) is 9.35. The van der Waals surface area contributed by atoms with Crippen LogP contribution in [-0.4, -0.2) is 51.9 Å². The van der Waals surface area contributed by atoms with Crippen LogP contribution >= 0.6 is 34.5 Å². The summed E-state index contributed by atoms with van der Waals surface area (Å²) >= 11 is 14.0. The lowest BCUT2D eigenvalue weighted by Crippen LogP contribution is -2.48. The molecule has 0 spiro atoms. The van der Waals surface area contributed by atoms with E-state index >= 15 is 0 Å². The number of aromatic nitrogens is 2. The van der Waals surface area contributed by atoms with Crippen molar-refractivity contribution in [1.29, 1.82) is 0 Å². The minimum atomic E-state index is -0.125. The zero-order valence-electron chi connectivity index (χ0n) is 15.9. The molecule has 1 aliphatic heterocycles. The Bertz CT molecular complexity index is 1030. The van der Waals surface area contributed by atoms with E-state index in [-0.39, 0.29) is 11.6 Å². The van der Waals surface area contributed by atoms with Gasteiger partial charge in [-0.25, -0.2) is 9.97 Å². The molecule has 1 saturated heterocycles. The minimum absolute atomic E-state index is 0.125. The van der Waals surface area contributed by atoms with Crippen LogP contribution in [0.4, 0.5) is 0 Å². The molecule has 0 aliphatic carbocycles. The molecule has 0 bridgehead atoms. The number of carbonyl (C=O) groups excluding carboxylic acids is 1. The third-order valence-electron chi connectivity index (χ3n) is 4.88. The average Bonchev–Trinajstić information content (AvgIpc) is 3.18. The monoisotopic (exact) mass is 446 g/mol. The van der Waals surface area contributed by atoms with Gasteiger partial charge in [0.2, 0.25) is 0 Å². The van der Waals surface area contributed by atoms with Gasteiger partial charge in [-0.2, -0.15) is 0 Å². The first kappa shape index (κ1) is 20.3. The molecule has 3 heterocycles. The fraction of sp³-hybridized carbons (Fsp3) is 0.286. The quantitative estimate of drug-likeness (QED) is 0.578. The number of benzene rings is 1. The summed E-state index contributed by atoms with van der Waals surface area (Å²) in [5.74, 6) is 0.420. The summed E-state index contributed by atoms with van der Waals surface area (Å²) < 4.78 is 0. The molecule has 1 fully saturated rings. The summed E-state index contributed by atoms with van der Waals surface area (Å²) in [7, 11) is 0. The van der Waals surface area contributed by atoms with Gasteiger partial charge in [-0.05, 0) is 36.8 Å². The first-order valence-corrected chi connectivity index (χ1v) is 10.9. The van der Waals surface area contributed by atoms with Gasteiger partial charge >= 0.3 is 0 Å². The van der Waals surface area contributed by atoms with Crippen molar-refractivity contribution in [1.82, 2.24) is 19.8 Å². The van der Waals surface area contributed by atoms with E-state index in [1.54, 1.807) is 18.3 Å². The molecule has 1 aliphatic rings. The molecule has 5 nitrogen and oxygen atoms in total. The summed E-state index contributed by atoms with van der Waals surface area (Å²) in [5.41, 5.74) is 1.43. The zero-order valence-corrected chi connectivity index (χ0v) is 18.3. The predicted molar refractivity (Wildman–Crippen MR) is 118 cm³/mol. The Morgan fingerprint density at radius 3 is 2.69 bits per heavy atom. The molecule has 0 unspecified atom stereocenters. The molecule has 8 heteroatoms. The lowest BCUT2D eigenvalue weighted by molar-refractivity contribution is 0.0623. The van der Waals surface area contributed by atoms with Crippen LogP contribution in [-0.2, 0) is 6.54 Å². The van der Waals surface area contributed by atoms with Crippen molar-refractivity contribution in [2.75, 3.05) is 26.2 Å². The van der Waals surface area contributed by atoms with Crippen LogP contribution in [0.3, 0.4) is 0 Å². The molecule has 0 atom stereocenters. The minimum Gasteiger partial charge on any atom is -0.335 e. The maximum Gasteiger partial charge on any atom is 0.274 e. The standard InChI is InChI=1S/C21H20Cl2N4OS/c1-14-24-12-18(23)20(25-14)21(28)27-9-7-26(8-10-27)13-17-5-6-19(29-17)15-3-2-4-16(22)11-15/h2-6,11-12H,7-10,13H2,1H3. The largest absolute Gasteiger partial charge is 0.335 e. The van der Waals surface area contributed by atoms with E-state index in [4.69, 9.17) is 23.2 Å². The highest BCUT2D eigenvalue weighted by Gasteiger charge is 2.25. The van der Waals surface area contributed by atoms with Crippen molar-refractivity contribution in [3.05, 3.63) is 69.0 Å². The van der Waals surface area contributed by atoms with Crippen LogP contribution in [0.15, 0.2) is 42.6 Å². The van der Waals surface area contributed by atoms with E-state index in [1.807, 2.05) is 23.1 Å². The number of nitrogens with zero attached hydrogens (tertiary/aromatic N) is 4. The number of thiophene rings is 1. The summed E-state index contributed by atoms with van der Waals surface area (Å²) in [6.45, 7) is 5.58. The Morgan fingerprint density at radius 2 is 1.93 bits per heavy atom. The molecule has 0 saturated carbocycles. The second kappa shape index (κ2) is 8.79. The van der Waals surface area contributed by atoms with Gasteiger partial charge in [0.25, 0.3) is 5.91 Å². The molecule has 3 aromatic rings. The van der Waals surface area contributed by atoms with Gasteiger partial charge in [0, 0.05) is 47.5 Å². The fourth-order valence-corrected chi connectivity index (χ4v) is 4.75. The van der Waals surface area contributed by atoms with Crippen LogP contribution in [0.5, 0.6) is 0 Å². The Labute approximate surface area is 183 Å². The summed E-state index contributed by atoms with van der Waals surface area (Å²) in [5, 5.41) is 1.05. The fourth-order valence-electron chi connectivity index (χ4n) is 3.34. The van der Waals surface area contributed by atoms with Crippen LogP contribution in [0.25, 0.3) is 10.4 Å². The SMILES string of the molecule is Cc1ncc(Cl)c(C(=O)N2CCN(Cc3ccc(-c4cccc(Cl)c4)s3)CC2)n1. The van der Waals surface area contributed by atoms with Crippen LogP contribution in [0.2, 0.25) is 10.0 Å². The molecule has 1 aromatic carbocycles. The van der Waals surface area contributed by atoms with Gasteiger partial charge in [0.15, 0.2) is 5.69 Å². The number of rotatable bonds is 4.